The fourth-order valence-corrected chi connectivity index (χ4v) is 3.67. The Morgan fingerprint density at radius 2 is 1.44 bits per heavy atom. The van der Waals surface area contributed by atoms with Crippen LogP contribution in [0.3, 0.4) is 0 Å². The van der Waals surface area contributed by atoms with E-state index in [4.69, 9.17) is 0 Å². The van der Waals surface area contributed by atoms with Crippen LogP contribution in [-0.2, 0) is 9.59 Å². The summed E-state index contributed by atoms with van der Waals surface area (Å²) in [7, 11) is 0. The molecule has 0 aromatic heterocycles. The summed E-state index contributed by atoms with van der Waals surface area (Å²) in [4.78, 5) is 26.2. The molecule has 3 nitrogen and oxygen atoms in total. The number of rotatable bonds is 1. The van der Waals surface area contributed by atoms with Crippen LogP contribution >= 0.6 is 0 Å². The molecule has 1 fully saturated rings. The first-order valence-electron chi connectivity index (χ1n) is 6.45. The smallest absolute Gasteiger partial charge is 0.262 e. The third-order valence-corrected chi connectivity index (χ3v) is 4.42. The van der Waals surface area contributed by atoms with Crippen molar-refractivity contribution >= 4 is 17.5 Å². The summed E-state index contributed by atoms with van der Waals surface area (Å²) in [6.07, 6.45) is 3.17. The first-order chi connectivity index (χ1) is 8.77. The maximum absolute atomic E-state index is 12.4. The molecule has 0 radical (unpaired) electrons. The highest BCUT2D eigenvalue weighted by molar-refractivity contribution is 6.33. The molecular formula is C15H13NO2. The molecule has 2 bridgehead atoms. The van der Waals surface area contributed by atoms with E-state index in [0.717, 1.165) is 30.4 Å². The van der Waals surface area contributed by atoms with E-state index in [1.165, 1.54) is 4.90 Å². The molecule has 3 aliphatic rings. The Morgan fingerprint density at radius 3 is 2.00 bits per heavy atom. The number of hydrogen-bond donors (Lipinski definition) is 0. The topological polar surface area (TPSA) is 37.4 Å². The second-order valence-corrected chi connectivity index (χ2v) is 5.32. The van der Waals surface area contributed by atoms with E-state index in [9.17, 15) is 9.59 Å². The molecule has 0 saturated heterocycles. The lowest BCUT2D eigenvalue weighted by molar-refractivity contribution is -0.121. The average molecular weight is 239 g/mol. The summed E-state index contributed by atoms with van der Waals surface area (Å²) >= 11 is 0. The second-order valence-electron chi connectivity index (χ2n) is 5.32. The number of imide groups is 1. The number of amides is 2. The van der Waals surface area contributed by atoms with Gasteiger partial charge in [0.1, 0.15) is 0 Å². The molecule has 1 aromatic carbocycles. The van der Waals surface area contributed by atoms with Crippen molar-refractivity contribution in [1.29, 1.82) is 0 Å². The van der Waals surface area contributed by atoms with Gasteiger partial charge in [-0.2, -0.15) is 0 Å². The van der Waals surface area contributed by atoms with E-state index in [1.807, 2.05) is 30.3 Å². The fourth-order valence-electron chi connectivity index (χ4n) is 3.67. The highest BCUT2D eigenvalue weighted by Crippen LogP contribution is 2.52. The van der Waals surface area contributed by atoms with Gasteiger partial charge in [-0.05, 0) is 43.2 Å². The van der Waals surface area contributed by atoms with Gasteiger partial charge in [0.2, 0.25) is 0 Å². The number of carbonyl (C=O) groups is 2. The molecule has 0 spiro atoms. The average Bonchev–Trinajstić information content (AvgIpc) is 3.05. The quantitative estimate of drug-likeness (QED) is 0.705. The summed E-state index contributed by atoms with van der Waals surface area (Å²) < 4.78 is 0. The Bertz CT molecular complexity index is 556. The minimum absolute atomic E-state index is 0.0756. The fraction of sp³-hybridized carbons (Fsp3) is 0.333. The zero-order valence-electron chi connectivity index (χ0n) is 9.93. The van der Waals surface area contributed by atoms with Gasteiger partial charge in [-0.3, -0.25) is 9.59 Å². The van der Waals surface area contributed by atoms with Crippen molar-refractivity contribution < 1.29 is 9.59 Å². The summed E-state index contributed by atoms with van der Waals surface area (Å²) in [5, 5.41) is 0. The maximum atomic E-state index is 12.4. The van der Waals surface area contributed by atoms with Crippen LogP contribution in [0.4, 0.5) is 5.69 Å². The van der Waals surface area contributed by atoms with Gasteiger partial charge in [-0.15, -0.1) is 0 Å². The highest BCUT2D eigenvalue weighted by Gasteiger charge is 2.52. The predicted octanol–water partition coefficient (Wildman–Crippen LogP) is 2.29. The molecule has 90 valence electrons. The van der Waals surface area contributed by atoms with E-state index in [0.29, 0.717) is 17.5 Å². The SMILES string of the molecule is O=C1C2=C(C(=O)N1c1ccccc1)C1CCC2C1. The Hall–Kier alpha value is -1.90. The van der Waals surface area contributed by atoms with Crippen LogP contribution in [0.1, 0.15) is 19.3 Å². The molecule has 2 unspecified atom stereocenters. The van der Waals surface area contributed by atoms with E-state index in [-0.39, 0.29) is 11.8 Å². The Balaban J connectivity index is 1.80. The Labute approximate surface area is 105 Å². The molecule has 1 aliphatic heterocycles. The van der Waals surface area contributed by atoms with Gasteiger partial charge in [0.25, 0.3) is 11.8 Å². The van der Waals surface area contributed by atoms with Gasteiger partial charge in [-0.25, -0.2) is 4.90 Å². The number of fused-ring (bicyclic) bond motifs is 4. The number of benzene rings is 1. The van der Waals surface area contributed by atoms with Gasteiger partial charge >= 0.3 is 0 Å². The van der Waals surface area contributed by atoms with Crippen LogP contribution in [0.5, 0.6) is 0 Å². The molecule has 2 atom stereocenters. The first kappa shape index (κ1) is 10.1. The maximum Gasteiger partial charge on any atom is 0.262 e. The monoisotopic (exact) mass is 239 g/mol. The van der Waals surface area contributed by atoms with Gasteiger partial charge in [-0.1, -0.05) is 18.2 Å². The molecule has 2 amide bonds. The first-order valence-corrected chi connectivity index (χ1v) is 6.45. The van der Waals surface area contributed by atoms with E-state index in [1.54, 1.807) is 0 Å². The lowest BCUT2D eigenvalue weighted by Crippen LogP contribution is -2.33. The third kappa shape index (κ3) is 1.09. The lowest BCUT2D eigenvalue weighted by Gasteiger charge is -2.17. The summed E-state index contributed by atoms with van der Waals surface area (Å²) in [6, 6.07) is 9.24. The molecule has 1 heterocycles. The van der Waals surface area contributed by atoms with E-state index < -0.39 is 0 Å². The molecule has 4 rings (SSSR count). The van der Waals surface area contributed by atoms with Crippen LogP contribution in [0.2, 0.25) is 0 Å². The molecule has 1 saturated carbocycles. The number of hydrogen-bond acceptors (Lipinski definition) is 2. The molecular weight excluding hydrogens is 226 g/mol. The predicted molar refractivity (Wildman–Crippen MR) is 66.8 cm³/mol. The number of anilines is 1. The summed E-state index contributed by atoms with van der Waals surface area (Å²) in [5.74, 6) is 0.534. The van der Waals surface area contributed by atoms with Crippen LogP contribution in [-0.4, -0.2) is 11.8 Å². The van der Waals surface area contributed by atoms with Crippen molar-refractivity contribution in [3.63, 3.8) is 0 Å². The van der Waals surface area contributed by atoms with Crippen LogP contribution < -0.4 is 4.90 Å². The van der Waals surface area contributed by atoms with Crippen molar-refractivity contribution in [1.82, 2.24) is 0 Å². The normalized spacial score (nSPS) is 29.4. The molecule has 1 aromatic rings. The van der Waals surface area contributed by atoms with Crippen LogP contribution in [0.15, 0.2) is 41.5 Å². The zero-order chi connectivity index (χ0) is 12.3. The molecule has 18 heavy (non-hydrogen) atoms. The molecule has 0 N–H and O–H groups in total. The van der Waals surface area contributed by atoms with Crippen molar-refractivity contribution in [3.8, 4) is 0 Å². The van der Waals surface area contributed by atoms with Crippen LogP contribution in [0, 0.1) is 11.8 Å². The number of nitrogens with zero attached hydrogens (tertiary/aromatic N) is 1. The largest absolute Gasteiger partial charge is 0.269 e. The second kappa shape index (κ2) is 3.31. The van der Waals surface area contributed by atoms with Gasteiger partial charge in [0.15, 0.2) is 0 Å². The number of para-hydroxylation sites is 1. The third-order valence-electron chi connectivity index (χ3n) is 4.42. The molecule has 2 aliphatic carbocycles. The van der Waals surface area contributed by atoms with Gasteiger partial charge < -0.3 is 0 Å². The standard InChI is InChI=1S/C15H13NO2/c17-14-12-9-6-7-10(8-9)13(12)15(18)16(14)11-4-2-1-3-5-11/h1-5,9-10H,6-8H2. The van der Waals surface area contributed by atoms with Crippen molar-refractivity contribution in [2.24, 2.45) is 11.8 Å². The van der Waals surface area contributed by atoms with E-state index >= 15 is 0 Å². The zero-order valence-corrected chi connectivity index (χ0v) is 9.93. The summed E-state index contributed by atoms with van der Waals surface area (Å²) in [5.41, 5.74) is 2.33. The minimum Gasteiger partial charge on any atom is -0.269 e. The van der Waals surface area contributed by atoms with Gasteiger partial charge in [0, 0.05) is 11.1 Å². The Kier molecular flexibility index (Phi) is 1.85. The minimum atomic E-state index is -0.0756. The lowest BCUT2D eigenvalue weighted by atomic mass is 9.93. The van der Waals surface area contributed by atoms with Crippen molar-refractivity contribution in [2.45, 2.75) is 19.3 Å². The highest BCUT2D eigenvalue weighted by atomic mass is 16.2. The van der Waals surface area contributed by atoms with E-state index in [2.05, 4.69) is 0 Å². The summed E-state index contributed by atoms with van der Waals surface area (Å²) in [6.45, 7) is 0. The van der Waals surface area contributed by atoms with Crippen molar-refractivity contribution in [3.05, 3.63) is 41.5 Å². The van der Waals surface area contributed by atoms with Gasteiger partial charge in [0.05, 0.1) is 5.69 Å². The molecule has 3 heteroatoms. The van der Waals surface area contributed by atoms with Crippen LogP contribution in [0.25, 0.3) is 0 Å². The Morgan fingerprint density at radius 1 is 0.889 bits per heavy atom. The number of carbonyl (C=O) groups excluding carboxylic acids is 2. The van der Waals surface area contributed by atoms with Crippen molar-refractivity contribution in [2.75, 3.05) is 4.90 Å².